The Bertz CT molecular complexity index is 767. The lowest BCUT2D eigenvalue weighted by Gasteiger charge is -2.20. The molecule has 5 nitrogen and oxygen atoms in total. The van der Waals surface area contributed by atoms with Crippen LogP contribution in [0.2, 0.25) is 0 Å². The summed E-state index contributed by atoms with van der Waals surface area (Å²) in [4.78, 5) is 12.2. The van der Waals surface area contributed by atoms with Crippen LogP contribution in [0.4, 0.5) is 5.69 Å². The number of rotatable bonds is 5. The number of carbonyl (C=O) groups is 1. The molecule has 0 amide bonds. The third-order valence-electron chi connectivity index (χ3n) is 3.52. The Morgan fingerprint density at radius 1 is 1.30 bits per heavy atom. The monoisotopic (exact) mass is 328 g/mol. The van der Waals surface area contributed by atoms with Gasteiger partial charge in [0.15, 0.2) is 6.04 Å². The summed E-state index contributed by atoms with van der Waals surface area (Å²) in [6, 6.07) is 11.1. The quantitative estimate of drug-likeness (QED) is 0.733. The molecule has 0 heterocycles. The summed E-state index contributed by atoms with van der Waals surface area (Å²) in [5, 5.41) is 21.3. The highest BCUT2D eigenvalue weighted by Gasteiger charge is 2.23. The van der Waals surface area contributed by atoms with E-state index in [-0.39, 0.29) is 0 Å². The predicted molar refractivity (Wildman–Crippen MR) is 90.1 cm³/mol. The highest BCUT2D eigenvalue weighted by Crippen LogP contribution is 2.32. The maximum atomic E-state index is 11.7. The van der Waals surface area contributed by atoms with E-state index in [4.69, 9.17) is 10.00 Å². The Labute approximate surface area is 139 Å². The van der Waals surface area contributed by atoms with E-state index in [1.54, 1.807) is 43.5 Å². The maximum Gasteiger partial charge on any atom is 0.330 e. The fourth-order valence-electron chi connectivity index (χ4n) is 2.24. The van der Waals surface area contributed by atoms with Crippen LogP contribution in [0.3, 0.4) is 0 Å². The van der Waals surface area contributed by atoms with Gasteiger partial charge in [0.1, 0.15) is 5.75 Å². The SMILES string of the molecule is COc1ccc(C(Nc2ccc(C#N)cc2)C(=O)O)c(S)c1C. The molecular weight excluding hydrogens is 312 g/mol. The van der Waals surface area contributed by atoms with E-state index in [2.05, 4.69) is 17.9 Å². The Morgan fingerprint density at radius 3 is 2.48 bits per heavy atom. The third kappa shape index (κ3) is 3.58. The summed E-state index contributed by atoms with van der Waals surface area (Å²) < 4.78 is 5.22. The highest BCUT2D eigenvalue weighted by atomic mass is 32.1. The van der Waals surface area contributed by atoms with Crippen LogP contribution >= 0.6 is 12.6 Å². The number of hydrogen-bond acceptors (Lipinski definition) is 5. The fraction of sp³-hybridized carbons (Fsp3) is 0.176. The van der Waals surface area contributed by atoms with Crippen molar-refractivity contribution in [1.29, 1.82) is 5.26 Å². The van der Waals surface area contributed by atoms with Crippen molar-refractivity contribution in [3.05, 3.63) is 53.1 Å². The number of carboxylic acid groups (broad SMARTS) is 1. The summed E-state index contributed by atoms with van der Waals surface area (Å²) in [7, 11) is 1.55. The Morgan fingerprint density at radius 2 is 1.96 bits per heavy atom. The molecule has 0 aliphatic carbocycles. The first-order valence-electron chi connectivity index (χ1n) is 6.84. The van der Waals surface area contributed by atoms with Crippen LogP contribution in [0.1, 0.15) is 22.7 Å². The summed E-state index contributed by atoms with van der Waals surface area (Å²) in [5.74, 6) is -0.365. The molecule has 0 bridgehead atoms. The van der Waals surface area contributed by atoms with Crippen LogP contribution < -0.4 is 10.1 Å². The second kappa shape index (κ2) is 7.07. The van der Waals surface area contributed by atoms with E-state index < -0.39 is 12.0 Å². The molecule has 6 heteroatoms. The summed E-state index contributed by atoms with van der Waals surface area (Å²) in [6.45, 7) is 1.82. The first kappa shape index (κ1) is 16.7. The van der Waals surface area contributed by atoms with Crippen molar-refractivity contribution < 1.29 is 14.6 Å². The molecule has 0 saturated carbocycles. The van der Waals surface area contributed by atoms with Gasteiger partial charge in [0.05, 0.1) is 18.7 Å². The molecule has 2 N–H and O–H groups in total. The minimum atomic E-state index is -1.02. The second-order valence-corrected chi connectivity index (χ2v) is 5.38. The molecular formula is C17H16N2O3S. The largest absolute Gasteiger partial charge is 0.496 e. The number of carboxylic acids is 1. The fourth-order valence-corrected chi connectivity index (χ4v) is 2.55. The van der Waals surface area contributed by atoms with Gasteiger partial charge >= 0.3 is 5.97 Å². The van der Waals surface area contributed by atoms with Crippen LogP contribution in [0.15, 0.2) is 41.3 Å². The Kier molecular flexibility index (Phi) is 5.14. The van der Waals surface area contributed by atoms with Gasteiger partial charge in [-0.2, -0.15) is 5.26 Å². The molecule has 2 aromatic rings. The van der Waals surface area contributed by atoms with Crippen molar-refractivity contribution in [3.63, 3.8) is 0 Å². The lowest BCUT2D eigenvalue weighted by atomic mass is 10.0. The molecule has 0 saturated heterocycles. The number of hydrogen-bond donors (Lipinski definition) is 3. The second-order valence-electron chi connectivity index (χ2n) is 4.94. The molecule has 0 aromatic heterocycles. The average Bonchev–Trinajstić information content (AvgIpc) is 2.56. The van der Waals surface area contributed by atoms with E-state index in [1.165, 1.54) is 0 Å². The van der Waals surface area contributed by atoms with Crippen molar-refractivity contribution in [1.82, 2.24) is 0 Å². The lowest BCUT2D eigenvalue weighted by Crippen LogP contribution is -2.21. The smallest absolute Gasteiger partial charge is 0.330 e. The van der Waals surface area contributed by atoms with Crippen molar-refractivity contribution in [2.45, 2.75) is 17.9 Å². The van der Waals surface area contributed by atoms with Gasteiger partial charge < -0.3 is 15.2 Å². The van der Waals surface area contributed by atoms with E-state index in [0.717, 1.165) is 5.56 Å². The minimum absolute atomic E-state index is 0.512. The van der Waals surface area contributed by atoms with Gasteiger partial charge in [0, 0.05) is 16.1 Å². The number of ether oxygens (including phenoxy) is 1. The van der Waals surface area contributed by atoms with Gasteiger partial charge in [0.25, 0.3) is 0 Å². The molecule has 1 atom stereocenters. The van der Waals surface area contributed by atoms with Gasteiger partial charge in [-0.1, -0.05) is 6.07 Å². The predicted octanol–water partition coefficient (Wildman–Crippen LogP) is 3.40. The summed E-state index contributed by atoms with van der Waals surface area (Å²) in [5.41, 5.74) is 2.44. The first-order chi connectivity index (χ1) is 11.0. The number of thiol groups is 1. The van der Waals surface area contributed by atoms with Crippen LogP contribution in [-0.4, -0.2) is 18.2 Å². The van der Waals surface area contributed by atoms with Gasteiger partial charge in [-0.3, -0.25) is 0 Å². The zero-order valence-electron chi connectivity index (χ0n) is 12.7. The average molecular weight is 328 g/mol. The van der Waals surface area contributed by atoms with Gasteiger partial charge in [0.2, 0.25) is 0 Å². The maximum absolute atomic E-state index is 11.7. The van der Waals surface area contributed by atoms with E-state index >= 15 is 0 Å². The van der Waals surface area contributed by atoms with Crippen molar-refractivity contribution in [2.75, 3.05) is 12.4 Å². The van der Waals surface area contributed by atoms with Gasteiger partial charge in [-0.25, -0.2) is 4.79 Å². The standard InChI is InChI=1S/C17H16N2O3S/c1-10-14(22-2)8-7-13(16(10)23)15(17(20)21)19-12-5-3-11(9-18)4-6-12/h3-8,15,19,23H,1-2H3,(H,20,21). The molecule has 23 heavy (non-hydrogen) atoms. The summed E-state index contributed by atoms with van der Waals surface area (Å²) in [6.07, 6.45) is 0. The highest BCUT2D eigenvalue weighted by molar-refractivity contribution is 7.80. The van der Waals surface area contributed by atoms with E-state index in [0.29, 0.717) is 27.5 Å². The molecule has 0 aliphatic rings. The number of methoxy groups -OCH3 is 1. The van der Waals surface area contributed by atoms with Crippen LogP contribution in [0.25, 0.3) is 0 Å². The lowest BCUT2D eigenvalue weighted by molar-refractivity contribution is -0.138. The molecule has 0 spiro atoms. The topological polar surface area (TPSA) is 82.3 Å². The van der Waals surface area contributed by atoms with E-state index in [1.807, 2.05) is 13.0 Å². The van der Waals surface area contributed by atoms with Crippen molar-refractivity contribution >= 4 is 24.3 Å². The first-order valence-corrected chi connectivity index (χ1v) is 7.28. The molecule has 1 unspecified atom stereocenters. The van der Waals surface area contributed by atoms with Crippen LogP contribution in [0, 0.1) is 18.3 Å². The molecule has 0 aliphatic heterocycles. The van der Waals surface area contributed by atoms with E-state index in [9.17, 15) is 9.90 Å². The zero-order chi connectivity index (χ0) is 17.0. The minimum Gasteiger partial charge on any atom is -0.496 e. The number of anilines is 1. The normalized spacial score (nSPS) is 11.4. The number of nitriles is 1. The number of nitrogens with one attached hydrogen (secondary N) is 1. The molecule has 2 rings (SSSR count). The van der Waals surface area contributed by atoms with Crippen LogP contribution in [-0.2, 0) is 4.79 Å². The molecule has 0 fully saturated rings. The molecule has 2 aromatic carbocycles. The third-order valence-corrected chi connectivity index (χ3v) is 4.11. The van der Waals surface area contributed by atoms with Crippen molar-refractivity contribution in [2.24, 2.45) is 0 Å². The van der Waals surface area contributed by atoms with Crippen LogP contribution in [0.5, 0.6) is 5.75 Å². The number of benzene rings is 2. The van der Waals surface area contributed by atoms with Crippen molar-refractivity contribution in [3.8, 4) is 11.8 Å². The summed E-state index contributed by atoms with van der Waals surface area (Å²) >= 11 is 4.44. The molecule has 118 valence electrons. The molecule has 0 radical (unpaired) electrons. The Balaban J connectivity index is 2.37. The zero-order valence-corrected chi connectivity index (χ0v) is 13.6. The number of nitrogens with zero attached hydrogens (tertiary/aromatic N) is 1. The number of aliphatic carboxylic acids is 1. The van der Waals surface area contributed by atoms with Gasteiger partial charge in [-0.05, 0) is 42.8 Å². The van der Waals surface area contributed by atoms with Gasteiger partial charge in [-0.15, -0.1) is 12.6 Å². The Hall–Kier alpha value is -2.65.